The van der Waals surface area contributed by atoms with Crippen LogP contribution in [-0.2, 0) is 12.8 Å². The van der Waals surface area contributed by atoms with Crippen LogP contribution in [0, 0.1) is 0 Å². The second-order valence-electron chi connectivity index (χ2n) is 3.09. The summed E-state index contributed by atoms with van der Waals surface area (Å²) >= 11 is 0. The van der Waals surface area contributed by atoms with Gasteiger partial charge >= 0.3 is 0 Å². The van der Waals surface area contributed by atoms with Gasteiger partial charge in [-0.2, -0.15) is 0 Å². The summed E-state index contributed by atoms with van der Waals surface area (Å²) in [4.78, 5) is 4.32. The van der Waals surface area contributed by atoms with E-state index in [1.165, 1.54) is 5.56 Å². The summed E-state index contributed by atoms with van der Waals surface area (Å²) in [6.45, 7) is 2.99. The van der Waals surface area contributed by atoms with Crippen LogP contribution in [0.4, 0.5) is 0 Å². The molecule has 0 radical (unpaired) electrons. The number of hydrogen-bond acceptors (Lipinski definition) is 2. The molecule has 0 amide bonds. The van der Waals surface area contributed by atoms with E-state index in [2.05, 4.69) is 18.0 Å². The van der Waals surface area contributed by atoms with Crippen LogP contribution in [-0.4, -0.2) is 11.6 Å². The molecule has 64 valence electrons. The molecule has 0 atom stereocenters. The molecule has 0 spiro atoms. The highest BCUT2D eigenvalue weighted by atomic mass is 16.5. The van der Waals surface area contributed by atoms with E-state index in [9.17, 15) is 0 Å². The Morgan fingerprint density at radius 3 is 3.33 bits per heavy atom. The average Bonchev–Trinajstić information content (AvgIpc) is 2.53. The first-order valence-corrected chi connectivity index (χ1v) is 4.51. The van der Waals surface area contributed by atoms with Crippen molar-refractivity contribution in [2.75, 3.05) is 6.61 Å². The van der Waals surface area contributed by atoms with Gasteiger partial charge in [0.25, 0.3) is 0 Å². The molecule has 2 rings (SSSR count). The third-order valence-electron chi connectivity index (χ3n) is 2.16. The number of fused-ring (bicyclic) bond motifs is 1. The molecule has 0 aromatic carbocycles. The zero-order valence-corrected chi connectivity index (χ0v) is 7.34. The van der Waals surface area contributed by atoms with Gasteiger partial charge in [-0.15, -0.1) is 0 Å². The molecule has 0 bridgehead atoms. The Kier molecular flexibility index (Phi) is 1.98. The van der Waals surface area contributed by atoms with E-state index in [0.717, 1.165) is 37.3 Å². The fourth-order valence-electron chi connectivity index (χ4n) is 1.59. The van der Waals surface area contributed by atoms with Gasteiger partial charge in [-0.25, -0.2) is 0 Å². The van der Waals surface area contributed by atoms with Crippen molar-refractivity contribution in [2.45, 2.75) is 26.2 Å². The van der Waals surface area contributed by atoms with Gasteiger partial charge in [0.05, 0.1) is 12.3 Å². The topological polar surface area (TPSA) is 22.1 Å². The van der Waals surface area contributed by atoms with E-state index in [4.69, 9.17) is 4.74 Å². The van der Waals surface area contributed by atoms with Crippen molar-refractivity contribution in [3.05, 3.63) is 23.5 Å². The highest BCUT2D eigenvalue weighted by Gasteiger charge is 2.15. The normalized spacial score (nSPS) is 14.1. The van der Waals surface area contributed by atoms with Crippen molar-refractivity contribution in [3.63, 3.8) is 0 Å². The quantitative estimate of drug-likeness (QED) is 0.665. The van der Waals surface area contributed by atoms with E-state index in [0.29, 0.717) is 0 Å². The third-order valence-corrected chi connectivity index (χ3v) is 2.16. The number of aromatic nitrogens is 1. The number of ether oxygens (including phenoxy) is 1. The lowest BCUT2D eigenvalue weighted by Crippen LogP contribution is -1.94. The monoisotopic (exact) mass is 163 g/mol. The summed E-state index contributed by atoms with van der Waals surface area (Å²) in [7, 11) is 0. The fourth-order valence-corrected chi connectivity index (χ4v) is 1.59. The van der Waals surface area contributed by atoms with Crippen LogP contribution in [0.1, 0.15) is 24.6 Å². The lowest BCUT2D eigenvalue weighted by atomic mass is 10.1. The van der Waals surface area contributed by atoms with Crippen LogP contribution in [0.2, 0.25) is 0 Å². The Balaban J connectivity index is 2.36. The first-order valence-electron chi connectivity index (χ1n) is 4.51. The van der Waals surface area contributed by atoms with Crippen molar-refractivity contribution < 1.29 is 4.74 Å². The zero-order valence-electron chi connectivity index (χ0n) is 7.34. The molecule has 2 heteroatoms. The molecule has 1 aromatic heterocycles. The van der Waals surface area contributed by atoms with Crippen LogP contribution in [0.15, 0.2) is 12.3 Å². The van der Waals surface area contributed by atoms with E-state index in [1.54, 1.807) is 0 Å². The first kappa shape index (κ1) is 7.59. The molecule has 2 heterocycles. The molecular weight excluding hydrogens is 150 g/mol. The minimum atomic E-state index is 0.831. The molecule has 2 nitrogen and oxygen atoms in total. The van der Waals surface area contributed by atoms with Gasteiger partial charge in [-0.05, 0) is 12.5 Å². The summed E-state index contributed by atoms with van der Waals surface area (Å²) in [5, 5.41) is 0. The van der Waals surface area contributed by atoms with Crippen LogP contribution in [0.3, 0.4) is 0 Å². The van der Waals surface area contributed by atoms with Crippen LogP contribution >= 0.6 is 0 Å². The number of nitrogens with zero attached hydrogens (tertiary/aromatic N) is 1. The van der Waals surface area contributed by atoms with Crippen molar-refractivity contribution in [1.29, 1.82) is 0 Å². The average molecular weight is 163 g/mol. The first-order chi connectivity index (χ1) is 5.92. The fraction of sp³-hybridized carbons (Fsp3) is 0.500. The van der Waals surface area contributed by atoms with Gasteiger partial charge in [-0.3, -0.25) is 4.98 Å². The van der Waals surface area contributed by atoms with Gasteiger partial charge < -0.3 is 4.74 Å². The molecule has 0 fully saturated rings. The number of aryl methyl sites for hydroxylation is 1. The van der Waals surface area contributed by atoms with E-state index in [1.807, 2.05) is 6.20 Å². The standard InChI is InChI=1S/C10H13NO/c1-2-3-9-10-8(4-6-11-9)5-7-12-10/h4,6H,2-3,5,7H2,1H3. The molecule has 1 aromatic rings. The van der Waals surface area contributed by atoms with E-state index < -0.39 is 0 Å². The van der Waals surface area contributed by atoms with Crippen molar-refractivity contribution in [3.8, 4) is 5.75 Å². The van der Waals surface area contributed by atoms with Gasteiger partial charge in [0.1, 0.15) is 5.75 Å². The van der Waals surface area contributed by atoms with Crippen LogP contribution < -0.4 is 4.74 Å². The molecule has 0 N–H and O–H groups in total. The predicted molar refractivity (Wildman–Crippen MR) is 47.4 cm³/mol. The van der Waals surface area contributed by atoms with Gasteiger partial charge in [-0.1, -0.05) is 13.3 Å². The Hall–Kier alpha value is -1.05. The van der Waals surface area contributed by atoms with E-state index in [-0.39, 0.29) is 0 Å². The lowest BCUT2D eigenvalue weighted by molar-refractivity contribution is 0.351. The molecule has 0 saturated carbocycles. The third kappa shape index (κ3) is 1.17. The molecule has 0 aliphatic carbocycles. The lowest BCUT2D eigenvalue weighted by Gasteiger charge is -2.04. The molecule has 12 heavy (non-hydrogen) atoms. The maximum Gasteiger partial charge on any atom is 0.144 e. The van der Waals surface area contributed by atoms with Gasteiger partial charge in [0, 0.05) is 18.2 Å². The second-order valence-corrected chi connectivity index (χ2v) is 3.09. The van der Waals surface area contributed by atoms with Crippen molar-refractivity contribution in [1.82, 2.24) is 4.98 Å². The Morgan fingerprint density at radius 1 is 1.58 bits per heavy atom. The molecule has 0 saturated heterocycles. The molecule has 1 aliphatic rings. The predicted octanol–water partition coefficient (Wildman–Crippen LogP) is 1.97. The Labute approximate surface area is 72.6 Å². The summed E-state index contributed by atoms with van der Waals surface area (Å²) in [6.07, 6.45) is 5.10. The highest BCUT2D eigenvalue weighted by molar-refractivity contribution is 5.39. The summed E-state index contributed by atoms with van der Waals surface area (Å²) in [5.41, 5.74) is 2.46. The van der Waals surface area contributed by atoms with Crippen molar-refractivity contribution >= 4 is 0 Å². The number of hydrogen-bond donors (Lipinski definition) is 0. The zero-order chi connectivity index (χ0) is 8.39. The van der Waals surface area contributed by atoms with Gasteiger partial charge in [0.2, 0.25) is 0 Å². The minimum Gasteiger partial charge on any atom is -0.491 e. The largest absolute Gasteiger partial charge is 0.491 e. The van der Waals surface area contributed by atoms with Crippen LogP contribution in [0.25, 0.3) is 0 Å². The molecule has 1 aliphatic heterocycles. The van der Waals surface area contributed by atoms with E-state index >= 15 is 0 Å². The molecular formula is C10H13NO. The number of rotatable bonds is 2. The van der Waals surface area contributed by atoms with Crippen LogP contribution in [0.5, 0.6) is 5.75 Å². The molecule has 0 unspecified atom stereocenters. The summed E-state index contributed by atoms with van der Waals surface area (Å²) in [6, 6.07) is 2.06. The van der Waals surface area contributed by atoms with Gasteiger partial charge in [0.15, 0.2) is 0 Å². The SMILES string of the molecule is CCCc1nccc2c1OCC2. The second kappa shape index (κ2) is 3.13. The Morgan fingerprint density at radius 2 is 2.50 bits per heavy atom. The summed E-state index contributed by atoms with van der Waals surface area (Å²) in [5.74, 6) is 1.05. The van der Waals surface area contributed by atoms with Crippen molar-refractivity contribution in [2.24, 2.45) is 0 Å². The number of pyridine rings is 1. The Bertz CT molecular complexity index is 283. The summed E-state index contributed by atoms with van der Waals surface area (Å²) < 4.78 is 5.52. The smallest absolute Gasteiger partial charge is 0.144 e. The minimum absolute atomic E-state index is 0.831. The maximum absolute atomic E-state index is 5.52. The maximum atomic E-state index is 5.52. The highest BCUT2D eigenvalue weighted by Crippen LogP contribution is 2.28.